The summed E-state index contributed by atoms with van der Waals surface area (Å²) < 4.78 is 4.36. The van der Waals surface area contributed by atoms with Crippen molar-refractivity contribution >= 4 is 25.9 Å². The minimum absolute atomic E-state index is 0.182. The molecule has 2 nitrogen and oxygen atoms in total. The third-order valence-electron chi connectivity index (χ3n) is 0.651. The Labute approximate surface area is 55.7 Å². The monoisotopic (exact) mass is 150 g/mol. The maximum atomic E-state index is 10.3. The fourth-order valence-corrected chi connectivity index (χ4v) is 0.833. The van der Waals surface area contributed by atoms with Gasteiger partial charge in [0.25, 0.3) is 0 Å². The van der Waals surface area contributed by atoms with Crippen LogP contribution in [0.4, 0.5) is 0 Å². The van der Waals surface area contributed by atoms with Gasteiger partial charge in [-0.25, -0.2) is 0 Å². The first-order valence-corrected chi connectivity index (χ1v) is 4.43. The van der Waals surface area contributed by atoms with Crippen LogP contribution in [0.25, 0.3) is 0 Å². The van der Waals surface area contributed by atoms with Gasteiger partial charge in [-0.2, -0.15) is 11.1 Å². The molecule has 0 aromatic rings. The van der Waals surface area contributed by atoms with Crippen molar-refractivity contribution in [2.24, 2.45) is 0 Å². The predicted octanol–water partition coefficient (Wildman–Crippen LogP) is 0.826. The van der Waals surface area contributed by atoms with E-state index >= 15 is 0 Å². The van der Waals surface area contributed by atoms with Gasteiger partial charge >= 0.3 is 5.97 Å². The van der Waals surface area contributed by atoms with Gasteiger partial charge in [-0.3, -0.25) is 4.79 Å². The Morgan fingerprint density at radius 2 is 2.50 bits per heavy atom. The topological polar surface area (TPSA) is 26.3 Å². The zero-order valence-electron chi connectivity index (χ0n) is 4.61. The van der Waals surface area contributed by atoms with E-state index in [1.54, 1.807) is 0 Å². The van der Waals surface area contributed by atoms with Crippen LogP contribution in [0.5, 0.6) is 0 Å². The highest BCUT2D eigenvalue weighted by atomic mass is 35.6. The van der Waals surface area contributed by atoms with Crippen LogP contribution in [0.15, 0.2) is 0 Å². The average molecular weight is 151 g/mol. The molecule has 4 heteroatoms. The molecule has 0 aromatic carbocycles. The van der Waals surface area contributed by atoms with Gasteiger partial charge in [-0.05, 0) is 6.04 Å². The Balaban J connectivity index is 2.99. The molecule has 0 fully saturated rings. The first-order valence-electron chi connectivity index (χ1n) is 2.21. The highest BCUT2D eigenvalue weighted by Gasteiger charge is 1.96. The summed E-state index contributed by atoms with van der Waals surface area (Å²) in [6, 6.07) is 0.730. The van der Waals surface area contributed by atoms with E-state index in [1.165, 1.54) is 7.11 Å². The van der Waals surface area contributed by atoms with Gasteiger partial charge in [-0.15, -0.1) is 0 Å². The van der Waals surface area contributed by atoms with Crippen molar-refractivity contribution in [2.45, 2.75) is 12.5 Å². The second kappa shape index (κ2) is 5.12. The number of ether oxygens (including phenoxy) is 1. The van der Waals surface area contributed by atoms with Crippen LogP contribution >= 0.6 is 11.1 Å². The Hall–Kier alpha value is -0.0231. The van der Waals surface area contributed by atoms with E-state index in [0.29, 0.717) is 15.3 Å². The van der Waals surface area contributed by atoms with E-state index in [9.17, 15) is 4.79 Å². The summed E-state index contributed by atoms with van der Waals surface area (Å²) in [6.07, 6.45) is 0.443. The maximum absolute atomic E-state index is 10.3. The number of methoxy groups -OCH3 is 1. The van der Waals surface area contributed by atoms with E-state index in [1.807, 2.05) is 0 Å². The number of hydrogen-bond donors (Lipinski definition) is 0. The smallest absolute Gasteiger partial charge is 0.305 e. The highest BCUT2D eigenvalue weighted by Crippen LogP contribution is 1.91. The molecule has 8 heavy (non-hydrogen) atoms. The van der Waals surface area contributed by atoms with Gasteiger partial charge < -0.3 is 4.74 Å². The summed E-state index contributed by atoms with van der Waals surface area (Å²) in [6.45, 7) is 0. The molecule has 0 amide bonds. The first-order chi connectivity index (χ1) is 3.81. The Morgan fingerprint density at radius 1 is 1.88 bits per heavy atom. The Morgan fingerprint density at radius 3 is 2.88 bits per heavy atom. The molecule has 2 radical (unpaired) electrons. The molecule has 0 aliphatic carbocycles. The van der Waals surface area contributed by atoms with E-state index in [2.05, 4.69) is 4.74 Å². The summed E-state index contributed by atoms with van der Waals surface area (Å²) in [5.74, 6) is -0.182. The van der Waals surface area contributed by atoms with E-state index in [0.717, 1.165) is 6.04 Å². The summed E-state index contributed by atoms with van der Waals surface area (Å²) in [4.78, 5) is 10.3. The molecule has 0 bridgehead atoms. The number of carbonyl (C=O) groups excluding carboxylic acids is 1. The third kappa shape index (κ3) is 4.14. The van der Waals surface area contributed by atoms with Crippen LogP contribution in [0, 0.1) is 0 Å². The molecule has 0 atom stereocenters. The minimum Gasteiger partial charge on any atom is -0.469 e. The standard InChI is InChI=1S/C4H7ClO2Si/c1-7-4(6)2-3-8-5/h2-3H2,1H3. The molecular formula is C4H7ClO2Si. The predicted molar refractivity (Wildman–Crippen MR) is 33.0 cm³/mol. The molecular weight excluding hydrogens is 144 g/mol. The van der Waals surface area contributed by atoms with Gasteiger partial charge in [0.05, 0.1) is 7.11 Å². The second-order valence-electron chi connectivity index (χ2n) is 1.21. The zero-order chi connectivity index (χ0) is 6.41. The maximum Gasteiger partial charge on any atom is 0.305 e. The lowest BCUT2D eigenvalue weighted by Crippen LogP contribution is -1.99. The lowest BCUT2D eigenvalue weighted by Gasteiger charge is -1.92. The minimum atomic E-state index is -0.182. The zero-order valence-corrected chi connectivity index (χ0v) is 6.36. The molecule has 0 aromatic heterocycles. The van der Waals surface area contributed by atoms with Crippen LogP contribution in [0.2, 0.25) is 6.04 Å². The Kier molecular flexibility index (Phi) is 5.11. The Bertz CT molecular complexity index is 76.4. The van der Waals surface area contributed by atoms with Crippen molar-refractivity contribution in [3.8, 4) is 0 Å². The van der Waals surface area contributed by atoms with Gasteiger partial charge in [0.1, 0.15) is 0 Å². The molecule has 0 spiro atoms. The van der Waals surface area contributed by atoms with Crippen LogP contribution in [-0.2, 0) is 9.53 Å². The SMILES string of the molecule is COC(=O)CC[Si]Cl. The molecule has 0 unspecified atom stereocenters. The quantitative estimate of drug-likeness (QED) is 0.339. The molecule has 0 saturated carbocycles. The van der Waals surface area contributed by atoms with E-state index in [-0.39, 0.29) is 5.97 Å². The van der Waals surface area contributed by atoms with Crippen molar-refractivity contribution < 1.29 is 9.53 Å². The van der Waals surface area contributed by atoms with Crippen molar-refractivity contribution in [1.82, 2.24) is 0 Å². The molecule has 0 aliphatic rings. The van der Waals surface area contributed by atoms with E-state index in [4.69, 9.17) is 11.1 Å². The second-order valence-corrected chi connectivity index (χ2v) is 2.78. The highest BCUT2D eigenvalue weighted by molar-refractivity contribution is 6.93. The van der Waals surface area contributed by atoms with Gasteiger partial charge in [0.15, 0.2) is 8.83 Å². The molecule has 0 heterocycles. The van der Waals surface area contributed by atoms with Crippen LogP contribution in [0.1, 0.15) is 6.42 Å². The van der Waals surface area contributed by atoms with Gasteiger partial charge in [0.2, 0.25) is 0 Å². The average Bonchev–Trinajstić information content (AvgIpc) is 1.83. The van der Waals surface area contributed by atoms with Crippen molar-refractivity contribution in [1.29, 1.82) is 0 Å². The summed E-state index contributed by atoms with van der Waals surface area (Å²) >= 11 is 5.32. The molecule has 46 valence electrons. The molecule has 0 rings (SSSR count). The largest absolute Gasteiger partial charge is 0.469 e. The molecule has 0 aliphatic heterocycles. The third-order valence-corrected chi connectivity index (χ3v) is 1.66. The van der Waals surface area contributed by atoms with Crippen LogP contribution in [-0.4, -0.2) is 21.9 Å². The van der Waals surface area contributed by atoms with E-state index < -0.39 is 0 Å². The lowest BCUT2D eigenvalue weighted by atomic mass is 10.5. The number of esters is 1. The van der Waals surface area contributed by atoms with Gasteiger partial charge in [-0.1, -0.05) is 0 Å². The van der Waals surface area contributed by atoms with Crippen molar-refractivity contribution in [2.75, 3.05) is 7.11 Å². The molecule has 0 saturated heterocycles. The number of halogens is 1. The van der Waals surface area contributed by atoms with Crippen molar-refractivity contribution in [3.05, 3.63) is 0 Å². The molecule has 0 N–H and O–H groups in total. The summed E-state index contributed by atoms with van der Waals surface area (Å²) in [7, 11) is 1.70. The lowest BCUT2D eigenvalue weighted by molar-refractivity contribution is -0.140. The number of hydrogen-bond acceptors (Lipinski definition) is 2. The number of carbonyl (C=O) groups is 1. The van der Waals surface area contributed by atoms with Gasteiger partial charge in [0, 0.05) is 6.42 Å². The number of rotatable bonds is 3. The normalized spacial score (nSPS) is 8.75. The summed E-state index contributed by atoms with van der Waals surface area (Å²) in [5, 5.41) is 0. The summed E-state index contributed by atoms with van der Waals surface area (Å²) in [5.41, 5.74) is 0. The fraction of sp³-hybridized carbons (Fsp3) is 0.750. The fourth-order valence-electron chi connectivity index (χ4n) is 0.251. The van der Waals surface area contributed by atoms with Crippen molar-refractivity contribution in [3.63, 3.8) is 0 Å². The van der Waals surface area contributed by atoms with Crippen LogP contribution in [0.3, 0.4) is 0 Å². The van der Waals surface area contributed by atoms with Crippen LogP contribution < -0.4 is 0 Å². The first kappa shape index (κ1) is 7.98.